The predicted molar refractivity (Wildman–Crippen MR) is 98.9 cm³/mol. The van der Waals surface area contributed by atoms with Gasteiger partial charge in [-0.2, -0.15) is 0 Å². The number of halogens is 3. The first kappa shape index (κ1) is 23.1. The van der Waals surface area contributed by atoms with E-state index in [1.54, 1.807) is 6.07 Å². The lowest BCUT2D eigenvalue weighted by Crippen LogP contribution is -2.45. The summed E-state index contributed by atoms with van der Waals surface area (Å²) in [5.41, 5.74) is 0.546. The van der Waals surface area contributed by atoms with Crippen LogP contribution in [-0.2, 0) is 0 Å². The highest BCUT2D eigenvalue weighted by Crippen LogP contribution is 2.33. The van der Waals surface area contributed by atoms with Crippen LogP contribution in [0.1, 0.15) is 44.2 Å². The number of piperazine rings is 1. The van der Waals surface area contributed by atoms with Crippen LogP contribution in [0.3, 0.4) is 0 Å². The van der Waals surface area contributed by atoms with E-state index in [4.69, 9.17) is 0 Å². The first-order chi connectivity index (χ1) is 10.6. The van der Waals surface area contributed by atoms with Crippen LogP contribution in [0, 0.1) is 15.9 Å². The molecule has 0 bridgehead atoms. The summed E-state index contributed by atoms with van der Waals surface area (Å²) in [7, 11) is 0. The summed E-state index contributed by atoms with van der Waals surface area (Å²) in [4.78, 5) is 13.1. The number of nitrogens with zero attached hydrogens (tertiary/aromatic N) is 2. The Kier molecular flexibility index (Phi) is 11.1. The minimum atomic E-state index is -0.553. The van der Waals surface area contributed by atoms with Crippen molar-refractivity contribution in [1.82, 2.24) is 10.2 Å². The maximum atomic E-state index is 13.4. The number of unbranched alkanes of at least 4 members (excludes halogenated alkanes) is 2. The second-order valence-corrected chi connectivity index (χ2v) is 5.76. The minimum absolute atomic E-state index is 0. The average Bonchev–Trinajstić information content (AvgIpc) is 2.53. The van der Waals surface area contributed by atoms with Gasteiger partial charge in [0.2, 0.25) is 0 Å². The second-order valence-electron chi connectivity index (χ2n) is 5.76. The van der Waals surface area contributed by atoms with E-state index in [0.29, 0.717) is 5.56 Å². The van der Waals surface area contributed by atoms with Crippen molar-refractivity contribution in [2.24, 2.45) is 0 Å². The molecule has 0 spiro atoms. The molecule has 1 saturated heterocycles. The molecule has 24 heavy (non-hydrogen) atoms. The van der Waals surface area contributed by atoms with E-state index in [-0.39, 0.29) is 36.5 Å². The van der Waals surface area contributed by atoms with Crippen LogP contribution in [0.5, 0.6) is 0 Å². The monoisotopic (exact) mass is 381 g/mol. The largest absolute Gasteiger partial charge is 0.314 e. The fraction of sp³-hybridized carbons (Fsp3) is 0.625. The number of nitro benzene ring substituents is 1. The molecule has 2 rings (SSSR count). The van der Waals surface area contributed by atoms with E-state index in [9.17, 15) is 14.5 Å². The van der Waals surface area contributed by atoms with Crippen LogP contribution < -0.4 is 5.32 Å². The fourth-order valence-electron chi connectivity index (χ4n) is 3.07. The fourth-order valence-corrected chi connectivity index (χ4v) is 3.07. The third kappa shape index (κ3) is 6.16. The first-order valence-corrected chi connectivity index (χ1v) is 8.02. The number of hydrogen-bond donors (Lipinski definition) is 1. The Morgan fingerprint density at radius 1 is 1.29 bits per heavy atom. The molecule has 1 fully saturated rings. The van der Waals surface area contributed by atoms with Gasteiger partial charge in [0.05, 0.1) is 11.0 Å². The molecule has 1 aromatic rings. The highest BCUT2D eigenvalue weighted by atomic mass is 35.5. The van der Waals surface area contributed by atoms with Gasteiger partial charge in [-0.1, -0.05) is 26.2 Å². The second kappa shape index (κ2) is 11.6. The van der Waals surface area contributed by atoms with Crippen molar-refractivity contribution in [3.05, 3.63) is 39.7 Å². The molecule has 8 heteroatoms. The zero-order valence-corrected chi connectivity index (χ0v) is 15.5. The molecular formula is C16H26Cl2FN3O2. The van der Waals surface area contributed by atoms with E-state index in [2.05, 4.69) is 17.1 Å². The third-order valence-corrected chi connectivity index (χ3v) is 4.22. The summed E-state index contributed by atoms with van der Waals surface area (Å²) in [6.07, 6.45) is 4.12. The molecule has 1 aliphatic heterocycles. The summed E-state index contributed by atoms with van der Waals surface area (Å²) in [6.45, 7) is 5.65. The molecule has 0 amide bonds. The van der Waals surface area contributed by atoms with Crippen LogP contribution in [0.2, 0.25) is 0 Å². The maximum absolute atomic E-state index is 13.4. The molecule has 1 atom stereocenters. The van der Waals surface area contributed by atoms with E-state index >= 15 is 0 Å². The van der Waals surface area contributed by atoms with Crippen molar-refractivity contribution in [2.45, 2.75) is 38.6 Å². The lowest BCUT2D eigenvalue weighted by Gasteiger charge is -2.35. The quantitative estimate of drug-likeness (QED) is 0.438. The topological polar surface area (TPSA) is 58.4 Å². The van der Waals surface area contributed by atoms with Gasteiger partial charge >= 0.3 is 0 Å². The van der Waals surface area contributed by atoms with Crippen molar-refractivity contribution in [2.75, 3.05) is 26.2 Å². The summed E-state index contributed by atoms with van der Waals surface area (Å²) in [6, 6.07) is 3.96. The minimum Gasteiger partial charge on any atom is -0.314 e. The van der Waals surface area contributed by atoms with Crippen molar-refractivity contribution in [1.29, 1.82) is 0 Å². The van der Waals surface area contributed by atoms with Gasteiger partial charge in [0.1, 0.15) is 5.82 Å². The molecule has 1 aromatic carbocycles. The lowest BCUT2D eigenvalue weighted by atomic mass is 9.96. The predicted octanol–water partition coefficient (Wildman–Crippen LogP) is 4.10. The van der Waals surface area contributed by atoms with Crippen LogP contribution in [0.25, 0.3) is 0 Å². The van der Waals surface area contributed by atoms with Crippen molar-refractivity contribution in [3.8, 4) is 0 Å². The van der Waals surface area contributed by atoms with Gasteiger partial charge in [0.25, 0.3) is 5.69 Å². The zero-order valence-electron chi connectivity index (χ0n) is 13.9. The normalized spacial score (nSPS) is 15.9. The summed E-state index contributed by atoms with van der Waals surface area (Å²) in [5.74, 6) is -0.553. The number of benzene rings is 1. The van der Waals surface area contributed by atoms with E-state index in [0.717, 1.165) is 57.9 Å². The Morgan fingerprint density at radius 2 is 1.96 bits per heavy atom. The van der Waals surface area contributed by atoms with E-state index in [1.807, 2.05) is 0 Å². The zero-order chi connectivity index (χ0) is 15.9. The molecule has 5 nitrogen and oxygen atoms in total. The molecule has 1 heterocycles. The Hall–Kier alpha value is -0.950. The van der Waals surface area contributed by atoms with E-state index in [1.165, 1.54) is 6.07 Å². The molecule has 0 aliphatic carbocycles. The molecule has 0 saturated carbocycles. The van der Waals surface area contributed by atoms with Crippen molar-refractivity contribution in [3.63, 3.8) is 0 Å². The van der Waals surface area contributed by atoms with Crippen LogP contribution in [0.15, 0.2) is 18.2 Å². The lowest BCUT2D eigenvalue weighted by molar-refractivity contribution is -0.386. The van der Waals surface area contributed by atoms with Crippen molar-refractivity contribution < 1.29 is 9.31 Å². The average molecular weight is 382 g/mol. The molecule has 138 valence electrons. The summed E-state index contributed by atoms with van der Waals surface area (Å²) >= 11 is 0. The SMILES string of the molecule is CCCCC[C@@H](c1ccc(F)cc1[N+](=O)[O-])N1CCNCC1.Cl.Cl. The van der Waals surface area contributed by atoms with Crippen molar-refractivity contribution >= 4 is 30.5 Å². The Balaban J connectivity index is 0.00000264. The third-order valence-electron chi connectivity index (χ3n) is 4.22. The van der Waals surface area contributed by atoms with Gasteiger partial charge in [-0.05, 0) is 18.6 Å². The maximum Gasteiger partial charge on any atom is 0.277 e. The van der Waals surface area contributed by atoms with Gasteiger partial charge < -0.3 is 5.32 Å². The van der Waals surface area contributed by atoms with Crippen LogP contribution in [0.4, 0.5) is 10.1 Å². The number of nitrogens with one attached hydrogen (secondary N) is 1. The number of rotatable bonds is 7. The number of hydrogen-bond acceptors (Lipinski definition) is 4. The molecule has 0 radical (unpaired) electrons. The van der Waals surface area contributed by atoms with Gasteiger partial charge in [0.15, 0.2) is 0 Å². The summed E-state index contributed by atoms with van der Waals surface area (Å²) < 4.78 is 13.4. The summed E-state index contributed by atoms with van der Waals surface area (Å²) in [5, 5.41) is 14.6. The van der Waals surface area contributed by atoms with Gasteiger partial charge in [-0.3, -0.25) is 15.0 Å². The van der Waals surface area contributed by atoms with Crippen LogP contribution in [-0.4, -0.2) is 36.0 Å². The Labute approximate surface area is 155 Å². The first-order valence-electron chi connectivity index (χ1n) is 8.02. The van der Waals surface area contributed by atoms with Gasteiger partial charge in [-0.25, -0.2) is 4.39 Å². The smallest absolute Gasteiger partial charge is 0.277 e. The van der Waals surface area contributed by atoms with Gasteiger partial charge in [0, 0.05) is 37.8 Å². The number of nitro groups is 1. The Morgan fingerprint density at radius 3 is 2.54 bits per heavy atom. The molecule has 0 aromatic heterocycles. The molecule has 1 N–H and O–H groups in total. The molecule has 0 unspecified atom stereocenters. The van der Waals surface area contributed by atoms with Gasteiger partial charge in [-0.15, -0.1) is 24.8 Å². The highest BCUT2D eigenvalue weighted by molar-refractivity contribution is 5.85. The standard InChI is InChI=1S/C16H24FN3O2.2ClH/c1-2-3-4-5-15(19-10-8-18-9-11-19)14-7-6-13(17)12-16(14)20(21)22;;/h6-7,12,15,18H,2-5,8-11H2,1H3;2*1H/t15-;;/m0../s1. The van der Waals surface area contributed by atoms with E-state index < -0.39 is 10.7 Å². The Bertz CT molecular complexity index is 514. The van der Waals surface area contributed by atoms with Crippen LogP contribution >= 0.6 is 24.8 Å². The molecular weight excluding hydrogens is 356 g/mol. The molecule has 1 aliphatic rings. The highest BCUT2D eigenvalue weighted by Gasteiger charge is 2.28.